The molecule has 0 saturated heterocycles. The van der Waals surface area contributed by atoms with Gasteiger partial charge in [0.05, 0.1) is 23.0 Å². The Hall–Kier alpha value is -2.62. The van der Waals surface area contributed by atoms with Gasteiger partial charge in [0.1, 0.15) is 5.82 Å². The average molecular weight is 479 g/mol. The van der Waals surface area contributed by atoms with Gasteiger partial charge < -0.3 is 5.32 Å². The Labute approximate surface area is 164 Å². The molecule has 0 atom stereocenters. The van der Waals surface area contributed by atoms with Crippen molar-refractivity contribution in [3.63, 3.8) is 0 Å². The highest BCUT2D eigenvalue weighted by atomic mass is 79.9. The standard InChI is InChI=1S/C13H12BrFN6O6S/c1-28(23,24)20-25-5-4-16-11-10(17-27-18-11)12-19-26-13(22)21(12)7-2-3-9(15)8(14)6-7/h2-3,6,20H,4-5H2,1H3,(H,16,18). The van der Waals surface area contributed by atoms with Crippen molar-refractivity contribution >= 4 is 31.8 Å². The molecular weight excluding hydrogens is 467 g/mol. The van der Waals surface area contributed by atoms with Gasteiger partial charge in [-0.25, -0.2) is 26.8 Å². The number of sulfonamides is 1. The first-order valence-corrected chi connectivity index (χ1v) is 10.1. The van der Waals surface area contributed by atoms with Crippen molar-refractivity contribution in [3.05, 3.63) is 39.0 Å². The fourth-order valence-corrected chi connectivity index (χ4v) is 2.74. The molecule has 0 saturated carbocycles. The molecule has 0 aliphatic heterocycles. The first-order chi connectivity index (χ1) is 13.3. The minimum atomic E-state index is -3.49. The second kappa shape index (κ2) is 8.17. The topological polar surface area (TPSA) is 154 Å². The maximum absolute atomic E-state index is 13.5. The monoisotopic (exact) mass is 478 g/mol. The van der Waals surface area contributed by atoms with Gasteiger partial charge in [-0.15, -0.1) is 0 Å². The zero-order valence-electron chi connectivity index (χ0n) is 14.0. The van der Waals surface area contributed by atoms with Crippen molar-refractivity contribution in [2.45, 2.75) is 0 Å². The molecule has 2 aromatic heterocycles. The summed E-state index contributed by atoms with van der Waals surface area (Å²) in [5.74, 6) is -1.28. The molecule has 1 aromatic carbocycles. The van der Waals surface area contributed by atoms with Gasteiger partial charge in [0.15, 0.2) is 5.69 Å². The molecule has 0 unspecified atom stereocenters. The molecule has 28 heavy (non-hydrogen) atoms. The van der Waals surface area contributed by atoms with Crippen LogP contribution in [0.15, 0.2) is 36.6 Å². The van der Waals surface area contributed by atoms with E-state index in [4.69, 9.17) is 4.84 Å². The minimum absolute atomic E-state index is 0.0394. The first-order valence-electron chi connectivity index (χ1n) is 7.46. The molecule has 0 aliphatic rings. The van der Waals surface area contributed by atoms with Crippen LogP contribution in [0.5, 0.6) is 0 Å². The molecule has 0 amide bonds. The molecule has 0 fully saturated rings. The molecule has 0 spiro atoms. The molecular formula is C13H12BrFN6O6S. The molecule has 0 radical (unpaired) electrons. The predicted molar refractivity (Wildman–Crippen MR) is 95.5 cm³/mol. The third kappa shape index (κ3) is 4.61. The second-order valence-corrected chi connectivity index (χ2v) is 7.86. The van der Waals surface area contributed by atoms with Gasteiger partial charge in [-0.1, -0.05) is 10.0 Å². The van der Waals surface area contributed by atoms with Crippen LogP contribution in [0.3, 0.4) is 0 Å². The number of hydrogen-bond donors (Lipinski definition) is 2. The summed E-state index contributed by atoms with van der Waals surface area (Å²) >= 11 is 3.04. The smallest absolute Gasteiger partial charge is 0.363 e. The van der Waals surface area contributed by atoms with Gasteiger partial charge in [-0.05, 0) is 44.4 Å². The molecule has 0 aliphatic carbocycles. The number of anilines is 1. The third-order valence-corrected chi connectivity index (χ3v) is 4.20. The Morgan fingerprint density at radius 3 is 2.82 bits per heavy atom. The average Bonchev–Trinajstić information content (AvgIpc) is 3.22. The maximum atomic E-state index is 13.5. The van der Waals surface area contributed by atoms with E-state index in [0.29, 0.717) is 0 Å². The fraction of sp³-hybridized carbons (Fsp3) is 0.231. The molecule has 3 rings (SSSR count). The number of aromatic nitrogens is 4. The summed E-state index contributed by atoms with van der Waals surface area (Å²) in [6, 6.07) is 3.88. The Kier molecular flexibility index (Phi) is 5.87. The molecule has 2 N–H and O–H groups in total. The van der Waals surface area contributed by atoms with E-state index in [1.54, 1.807) is 0 Å². The summed E-state index contributed by atoms with van der Waals surface area (Å²) in [4.78, 5) is 18.7. The van der Waals surface area contributed by atoms with Crippen molar-refractivity contribution in [2.24, 2.45) is 0 Å². The molecule has 2 heterocycles. The van der Waals surface area contributed by atoms with E-state index in [9.17, 15) is 17.6 Å². The summed E-state index contributed by atoms with van der Waals surface area (Å²) in [7, 11) is -3.49. The van der Waals surface area contributed by atoms with E-state index < -0.39 is 21.6 Å². The highest BCUT2D eigenvalue weighted by Gasteiger charge is 2.23. The Balaban J connectivity index is 1.81. The molecule has 12 nitrogen and oxygen atoms in total. The predicted octanol–water partition coefficient (Wildman–Crippen LogP) is 0.670. The number of halogens is 2. The highest BCUT2D eigenvalue weighted by molar-refractivity contribution is 9.10. The lowest BCUT2D eigenvalue weighted by molar-refractivity contribution is 0.103. The third-order valence-electron chi connectivity index (χ3n) is 3.17. The molecule has 15 heteroatoms. The molecule has 0 bridgehead atoms. The largest absolute Gasteiger partial charge is 0.446 e. The lowest BCUT2D eigenvalue weighted by Crippen LogP contribution is -2.25. The van der Waals surface area contributed by atoms with E-state index >= 15 is 0 Å². The second-order valence-electron chi connectivity index (χ2n) is 5.30. The van der Waals surface area contributed by atoms with Crippen LogP contribution in [0.25, 0.3) is 17.2 Å². The van der Waals surface area contributed by atoms with Crippen LogP contribution in [0.1, 0.15) is 0 Å². The zero-order valence-corrected chi connectivity index (χ0v) is 16.5. The van der Waals surface area contributed by atoms with Gasteiger partial charge >= 0.3 is 5.76 Å². The molecule has 150 valence electrons. The quantitative estimate of drug-likeness (QED) is 0.348. The fourth-order valence-electron chi connectivity index (χ4n) is 2.07. The Bertz CT molecular complexity index is 1140. The summed E-state index contributed by atoms with van der Waals surface area (Å²) in [6.45, 7) is 0.0732. The van der Waals surface area contributed by atoms with Crippen LogP contribution < -0.4 is 16.0 Å². The zero-order chi connectivity index (χ0) is 20.3. The van der Waals surface area contributed by atoms with Gasteiger partial charge in [0, 0.05) is 6.54 Å². The van der Waals surface area contributed by atoms with Crippen molar-refractivity contribution < 1.29 is 26.8 Å². The van der Waals surface area contributed by atoms with Crippen LogP contribution in [0.4, 0.5) is 10.2 Å². The molecule has 3 aromatic rings. The van der Waals surface area contributed by atoms with Crippen LogP contribution in [0.2, 0.25) is 0 Å². The van der Waals surface area contributed by atoms with Gasteiger partial charge in [-0.2, -0.15) is 0 Å². The van der Waals surface area contributed by atoms with Gasteiger partial charge in [-0.3, -0.25) is 9.36 Å². The van der Waals surface area contributed by atoms with Gasteiger partial charge in [0.2, 0.25) is 21.7 Å². The summed E-state index contributed by atoms with van der Waals surface area (Å²) in [5.41, 5.74) is 0.312. The Morgan fingerprint density at radius 1 is 1.32 bits per heavy atom. The summed E-state index contributed by atoms with van der Waals surface area (Å²) in [6.07, 6.45) is 0.942. The van der Waals surface area contributed by atoms with Crippen molar-refractivity contribution in [3.8, 4) is 17.2 Å². The van der Waals surface area contributed by atoms with E-state index in [2.05, 4.69) is 45.9 Å². The van der Waals surface area contributed by atoms with Crippen LogP contribution in [-0.2, 0) is 14.9 Å². The summed E-state index contributed by atoms with van der Waals surface area (Å²) in [5, 5.41) is 13.8. The Morgan fingerprint density at radius 2 is 2.11 bits per heavy atom. The van der Waals surface area contributed by atoms with E-state index in [-0.39, 0.29) is 40.6 Å². The number of benzene rings is 1. The van der Waals surface area contributed by atoms with E-state index in [1.807, 2.05) is 4.89 Å². The maximum Gasteiger partial charge on any atom is 0.446 e. The van der Waals surface area contributed by atoms with Crippen LogP contribution in [-0.4, -0.2) is 47.9 Å². The summed E-state index contributed by atoms with van der Waals surface area (Å²) < 4.78 is 45.8. The van der Waals surface area contributed by atoms with Crippen LogP contribution >= 0.6 is 15.9 Å². The SMILES string of the molecule is CS(=O)(=O)NOCCNc1nonc1-c1noc(=O)n1-c1ccc(F)c(Br)c1. The van der Waals surface area contributed by atoms with Crippen molar-refractivity contribution in [1.82, 2.24) is 24.9 Å². The lowest BCUT2D eigenvalue weighted by Gasteiger charge is -2.06. The normalized spacial score (nSPS) is 11.7. The number of hydrogen-bond acceptors (Lipinski definition) is 10. The van der Waals surface area contributed by atoms with Crippen molar-refractivity contribution in [1.29, 1.82) is 0 Å². The van der Waals surface area contributed by atoms with E-state index in [0.717, 1.165) is 16.9 Å². The number of nitrogens with zero attached hydrogens (tertiary/aromatic N) is 4. The highest BCUT2D eigenvalue weighted by Crippen LogP contribution is 2.25. The van der Waals surface area contributed by atoms with E-state index in [1.165, 1.54) is 12.1 Å². The lowest BCUT2D eigenvalue weighted by atomic mass is 10.3. The number of nitrogens with one attached hydrogen (secondary N) is 2. The minimum Gasteiger partial charge on any atom is -0.363 e. The first kappa shape index (κ1) is 20.1. The van der Waals surface area contributed by atoms with Crippen molar-refractivity contribution in [2.75, 3.05) is 24.7 Å². The van der Waals surface area contributed by atoms with Gasteiger partial charge in [0.25, 0.3) is 0 Å². The number of rotatable bonds is 8. The van der Waals surface area contributed by atoms with Crippen LogP contribution in [0, 0.1) is 5.82 Å².